The van der Waals surface area contributed by atoms with Gasteiger partial charge in [0, 0.05) is 0 Å². The fourth-order valence-corrected chi connectivity index (χ4v) is 4.07. The highest BCUT2D eigenvalue weighted by molar-refractivity contribution is 9.10. The van der Waals surface area contributed by atoms with Crippen molar-refractivity contribution in [2.75, 3.05) is 0 Å². The van der Waals surface area contributed by atoms with Crippen molar-refractivity contribution in [1.82, 2.24) is 10.2 Å². The number of benzene rings is 3. The van der Waals surface area contributed by atoms with Gasteiger partial charge in [-0.1, -0.05) is 48.0 Å². The first kappa shape index (κ1) is 23.3. The lowest BCUT2D eigenvalue weighted by molar-refractivity contribution is -0.123. The Morgan fingerprint density at radius 2 is 1.82 bits per heavy atom. The van der Waals surface area contributed by atoms with Crippen LogP contribution in [0.4, 0.5) is 4.79 Å². The normalized spacial score (nSPS) is 14.4. The van der Waals surface area contributed by atoms with E-state index in [0.29, 0.717) is 15.8 Å². The molecule has 1 fully saturated rings. The number of rotatable bonds is 7. The maximum atomic E-state index is 12.8. The van der Waals surface area contributed by atoms with Crippen LogP contribution in [0.15, 0.2) is 76.9 Å². The van der Waals surface area contributed by atoms with Crippen LogP contribution >= 0.6 is 15.9 Å². The molecular weight excluding hydrogens is 500 g/mol. The van der Waals surface area contributed by atoms with Crippen LogP contribution in [-0.2, 0) is 17.9 Å². The minimum atomic E-state index is -0.994. The van der Waals surface area contributed by atoms with Crippen LogP contribution in [0.1, 0.15) is 32.6 Å². The molecule has 0 unspecified atom stereocenters. The fraction of sp³-hybridized carbons (Fsp3) is 0.115. The molecule has 34 heavy (non-hydrogen) atoms. The second-order valence-electron chi connectivity index (χ2n) is 7.85. The number of carbonyl (C=O) groups excluding carboxylic acids is 2. The average Bonchev–Trinajstić information content (AvgIpc) is 3.06. The van der Waals surface area contributed by atoms with Crippen molar-refractivity contribution in [2.24, 2.45) is 0 Å². The van der Waals surface area contributed by atoms with Gasteiger partial charge in [-0.3, -0.25) is 9.69 Å². The molecule has 4 rings (SSSR count). The number of urea groups is 1. The highest BCUT2D eigenvalue weighted by Gasteiger charge is 2.33. The number of amides is 3. The lowest BCUT2D eigenvalue weighted by atomic mass is 10.1. The summed E-state index contributed by atoms with van der Waals surface area (Å²) in [5, 5.41) is 11.8. The number of ether oxygens (including phenoxy) is 1. The molecule has 8 heteroatoms. The van der Waals surface area contributed by atoms with E-state index in [1.165, 1.54) is 11.0 Å². The standard InChI is InChI=1S/C26H21BrN2O5/c1-16-4-2-5-18(10-16)14-29-24(30)22(28-26(29)33)13-17-8-9-23(21(27)12-17)34-15-19-6-3-7-20(11-19)25(31)32/h2-13H,14-15H2,1H3,(H,28,33)(H,31,32)/b22-13+. The second-order valence-corrected chi connectivity index (χ2v) is 8.71. The quantitative estimate of drug-likeness (QED) is 0.332. The fourth-order valence-electron chi connectivity index (χ4n) is 3.55. The van der Waals surface area contributed by atoms with Gasteiger partial charge < -0.3 is 15.2 Å². The zero-order valence-electron chi connectivity index (χ0n) is 18.2. The molecule has 1 aliphatic heterocycles. The third-order valence-electron chi connectivity index (χ3n) is 5.22. The van der Waals surface area contributed by atoms with Gasteiger partial charge in [0.15, 0.2) is 0 Å². The first-order chi connectivity index (χ1) is 16.3. The van der Waals surface area contributed by atoms with Gasteiger partial charge in [-0.15, -0.1) is 0 Å². The molecule has 0 aromatic heterocycles. The highest BCUT2D eigenvalue weighted by atomic mass is 79.9. The largest absolute Gasteiger partial charge is 0.488 e. The molecule has 3 amide bonds. The van der Waals surface area contributed by atoms with Gasteiger partial charge in [-0.25, -0.2) is 9.59 Å². The Balaban J connectivity index is 1.44. The molecule has 1 saturated heterocycles. The van der Waals surface area contributed by atoms with E-state index >= 15 is 0 Å². The summed E-state index contributed by atoms with van der Waals surface area (Å²) < 4.78 is 6.47. The number of carboxylic acid groups (broad SMARTS) is 1. The Kier molecular flexibility index (Phi) is 6.79. The molecule has 172 valence electrons. The van der Waals surface area contributed by atoms with Gasteiger partial charge in [0.2, 0.25) is 0 Å². The van der Waals surface area contributed by atoms with E-state index in [4.69, 9.17) is 9.84 Å². The minimum absolute atomic E-state index is 0.196. The Labute approximate surface area is 204 Å². The highest BCUT2D eigenvalue weighted by Crippen LogP contribution is 2.28. The average molecular weight is 521 g/mol. The van der Waals surface area contributed by atoms with E-state index in [-0.39, 0.29) is 30.3 Å². The Morgan fingerprint density at radius 3 is 2.56 bits per heavy atom. The van der Waals surface area contributed by atoms with Crippen molar-refractivity contribution in [3.63, 3.8) is 0 Å². The third-order valence-corrected chi connectivity index (χ3v) is 5.84. The van der Waals surface area contributed by atoms with E-state index in [1.54, 1.807) is 42.5 Å². The second kappa shape index (κ2) is 9.93. The van der Waals surface area contributed by atoms with Gasteiger partial charge in [0.25, 0.3) is 5.91 Å². The summed E-state index contributed by atoms with van der Waals surface area (Å²) >= 11 is 3.47. The molecule has 2 N–H and O–H groups in total. The number of halogens is 1. The number of carboxylic acids is 1. The minimum Gasteiger partial charge on any atom is -0.488 e. The van der Waals surface area contributed by atoms with E-state index in [1.807, 2.05) is 31.2 Å². The van der Waals surface area contributed by atoms with Crippen molar-refractivity contribution < 1.29 is 24.2 Å². The van der Waals surface area contributed by atoms with Crippen molar-refractivity contribution in [3.05, 3.63) is 105 Å². The summed E-state index contributed by atoms with van der Waals surface area (Å²) in [6.45, 7) is 2.35. The van der Waals surface area contributed by atoms with E-state index < -0.39 is 12.0 Å². The predicted octanol–water partition coefficient (Wildman–Crippen LogP) is 5.13. The van der Waals surface area contributed by atoms with Crippen LogP contribution in [0.3, 0.4) is 0 Å². The van der Waals surface area contributed by atoms with Crippen LogP contribution in [0.5, 0.6) is 5.75 Å². The molecule has 0 radical (unpaired) electrons. The molecule has 1 aliphatic rings. The number of carbonyl (C=O) groups is 3. The topological polar surface area (TPSA) is 95.9 Å². The Morgan fingerprint density at radius 1 is 1.06 bits per heavy atom. The molecule has 3 aromatic rings. The molecule has 0 saturated carbocycles. The Hall–Kier alpha value is -3.91. The van der Waals surface area contributed by atoms with Crippen LogP contribution in [0, 0.1) is 6.92 Å². The van der Waals surface area contributed by atoms with E-state index in [0.717, 1.165) is 16.7 Å². The zero-order chi connectivity index (χ0) is 24.2. The summed E-state index contributed by atoms with van der Waals surface area (Å²) in [5.74, 6) is -0.821. The number of aromatic carboxylic acids is 1. The van der Waals surface area contributed by atoms with Gasteiger partial charge in [0.05, 0.1) is 16.6 Å². The monoisotopic (exact) mass is 520 g/mol. The number of nitrogens with zero attached hydrogens (tertiary/aromatic N) is 1. The van der Waals surface area contributed by atoms with E-state index in [2.05, 4.69) is 21.2 Å². The number of hydrogen-bond acceptors (Lipinski definition) is 4. The van der Waals surface area contributed by atoms with Crippen molar-refractivity contribution in [1.29, 1.82) is 0 Å². The van der Waals surface area contributed by atoms with Crippen LogP contribution in [0.2, 0.25) is 0 Å². The molecule has 0 aliphatic carbocycles. The van der Waals surface area contributed by atoms with Crippen LogP contribution < -0.4 is 10.1 Å². The molecule has 1 heterocycles. The predicted molar refractivity (Wildman–Crippen MR) is 130 cm³/mol. The van der Waals surface area contributed by atoms with Gasteiger partial charge in [0.1, 0.15) is 18.1 Å². The summed E-state index contributed by atoms with van der Waals surface area (Å²) in [6, 6.07) is 19.0. The smallest absolute Gasteiger partial charge is 0.335 e. The number of imide groups is 1. The van der Waals surface area contributed by atoms with Gasteiger partial charge in [-0.05, 0) is 69.9 Å². The number of hydrogen-bond donors (Lipinski definition) is 2. The first-order valence-electron chi connectivity index (χ1n) is 10.4. The zero-order valence-corrected chi connectivity index (χ0v) is 19.8. The number of aryl methyl sites for hydroxylation is 1. The maximum Gasteiger partial charge on any atom is 0.335 e. The SMILES string of the molecule is Cc1cccc(CN2C(=O)N/C(=C/c3ccc(OCc4cccc(C(=O)O)c4)c(Br)c3)C2=O)c1. The summed E-state index contributed by atoms with van der Waals surface area (Å²) in [5.41, 5.74) is 3.76. The molecule has 0 atom stereocenters. The molecule has 0 spiro atoms. The van der Waals surface area contributed by atoms with Gasteiger partial charge >= 0.3 is 12.0 Å². The summed E-state index contributed by atoms with van der Waals surface area (Å²) in [4.78, 5) is 37.5. The molecular formula is C26H21BrN2O5. The van der Waals surface area contributed by atoms with Crippen molar-refractivity contribution >= 4 is 39.9 Å². The van der Waals surface area contributed by atoms with Crippen LogP contribution in [-0.4, -0.2) is 27.9 Å². The molecule has 7 nitrogen and oxygen atoms in total. The van der Waals surface area contributed by atoms with Crippen molar-refractivity contribution in [2.45, 2.75) is 20.1 Å². The lowest BCUT2D eigenvalue weighted by Gasteiger charge is -2.12. The maximum absolute atomic E-state index is 12.8. The first-order valence-corrected chi connectivity index (χ1v) is 11.2. The van der Waals surface area contributed by atoms with Crippen LogP contribution in [0.25, 0.3) is 6.08 Å². The van der Waals surface area contributed by atoms with Gasteiger partial charge in [-0.2, -0.15) is 0 Å². The third kappa shape index (κ3) is 5.35. The lowest BCUT2D eigenvalue weighted by Crippen LogP contribution is -2.30. The molecule has 3 aromatic carbocycles. The number of nitrogens with one attached hydrogen (secondary N) is 1. The summed E-state index contributed by atoms with van der Waals surface area (Å²) in [7, 11) is 0. The summed E-state index contributed by atoms with van der Waals surface area (Å²) in [6.07, 6.45) is 1.61. The van der Waals surface area contributed by atoms with Crippen molar-refractivity contribution in [3.8, 4) is 5.75 Å². The van der Waals surface area contributed by atoms with E-state index in [9.17, 15) is 14.4 Å². The molecule has 0 bridgehead atoms. The Bertz CT molecular complexity index is 1320.